The number of hydrogen-bond acceptors (Lipinski definition) is 4. The van der Waals surface area contributed by atoms with Crippen LogP contribution in [0, 0.1) is 0 Å². The molecule has 0 saturated carbocycles. The summed E-state index contributed by atoms with van der Waals surface area (Å²) in [4.78, 5) is 16.2. The summed E-state index contributed by atoms with van der Waals surface area (Å²) in [6.45, 7) is 3.40. The van der Waals surface area contributed by atoms with Gasteiger partial charge in [-0.15, -0.1) is 0 Å². The quantitative estimate of drug-likeness (QED) is 0.788. The first-order chi connectivity index (χ1) is 10.1. The van der Waals surface area contributed by atoms with E-state index in [1.54, 1.807) is 32.4 Å². The Balaban J connectivity index is 2.04. The van der Waals surface area contributed by atoms with Crippen LogP contribution in [0.1, 0.15) is 5.56 Å². The highest BCUT2D eigenvalue weighted by molar-refractivity contribution is 5.92. The Morgan fingerprint density at radius 1 is 1.05 bits per heavy atom. The molecule has 0 spiro atoms. The standard InChI is InChI=1S/C16H22N2O3/c1-17-6-8-18(9-7-17)16(19)5-4-13-10-14(20-2)12-15(11-13)21-3/h4-5,10-12H,6-9H2,1-3H3/b5-4+. The minimum Gasteiger partial charge on any atom is -0.497 e. The lowest BCUT2D eigenvalue weighted by Gasteiger charge is -2.31. The summed E-state index contributed by atoms with van der Waals surface area (Å²) in [5.74, 6) is 1.46. The van der Waals surface area contributed by atoms with Crippen LogP contribution >= 0.6 is 0 Å². The van der Waals surface area contributed by atoms with Crippen LogP contribution in [0.5, 0.6) is 11.5 Å². The molecule has 1 heterocycles. The van der Waals surface area contributed by atoms with Gasteiger partial charge in [0.2, 0.25) is 5.91 Å². The van der Waals surface area contributed by atoms with Gasteiger partial charge in [0.05, 0.1) is 14.2 Å². The number of hydrogen-bond donors (Lipinski definition) is 0. The van der Waals surface area contributed by atoms with Crippen LogP contribution in [0.4, 0.5) is 0 Å². The molecule has 1 saturated heterocycles. The number of amides is 1. The number of rotatable bonds is 4. The van der Waals surface area contributed by atoms with E-state index in [1.165, 1.54) is 0 Å². The van der Waals surface area contributed by atoms with E-state index in [2.05, 4.69) is 11.9 Å². The van der Waals surface area contributed by atoms with E-state index in [4.69, 9.17) is 9.47 Å². The zero-order valence-electron chi connectivity index (χ0n) is 12.8. The van der Waals surface area contributed by atoms with Gasteiger partial charge in [-0.2, -0.15) is 0 Å². The molecule has 2 rings (SSSR count). The first-order valence-electron chi connectivity index (χ1n) is 7.01. The van der Waals surface area contributed by atoms with E-state index in [0.717, 1.165) is 31.7 Å². The van der Waals surface area contributed by atoms with Crippen molar-refractivity contribution in [1.29, 1.82) is 0 Å². The summed E-state index contributed by atoms with van der Waals surface area (Å²) in [5, 5.41) is 0. The zero-order chi connectivity index (χ0) is 15.2. The van der Waals surface area contributed by atoms with Crippen molar-refractivity contribution < 1.29 is 14.3 Å². The van der Waals surface area contributed by atoms with E-state index in [1.807, 2.05) is 17.0 Å². The highest BCUT2D eigenvalue weighted by Gasteiger charge is 2.16. The van der Waals surface area contributed by atoms with E-state index in [0.29, 0.717) is 11.5 Å². The molecule has 0 aromatic heterocycles. The molecule has 21 heavy (non-hydrogen) atoms. The fourth-order valence-electron chi connectivity index (χ4n) is 2.23. The van der Waals surface area contributed by atoms with Crippen LogP contribution in [-0.2, 0) is 4.79 Å². The fourth-order valence-corrected chi connectivity index (χ4v) is 2.23. The Morgan fingerprint density at radius 2 is 1.62 bits per heavy atom. The summed E-state index contributed by atoms with van der Waals surface area (Å²) in [6.07, 6.45) is 3.41. The maximum Gasteiger partial charge on any atom is 0.246 e. The SMILES string of the molecule is COc1cc(/C=C/C(=O)N2CCN(C)CC2)cc(OC)c1. The Morgan fingerprint density at radius 3 is 2.14 bits per heavy atom. The molecule has 1 aromatic rings. The molecule has 1 aromatic carbocycles. The summed E-state index contributed by atoms with van der Waals surface area (Å²) >= 11 is 0. The van der Waals surface area contributed by atoms with Gasteiger partial charge in [0.1, 0.15) is 11.5 Å². The number of benzene rings is 1. The summed E-state index contributed by atoms with van der Waals surface area (Å²) < 4.78 is 10.4. The van der Waals surface area contributed by atoms with Gasteiger partial charge in [0.15, 0.2) is 0 Å². The highest BCUT2D eigenvalue weighted by Crippen LogP contribution is 2.23. The molecule has 1 aliphatic heterocycles. The third-order valence-electron chi connectivity index (χ3n) is 3.61. The van der Waals surface area contributed by atoms with Crippen molar-refractivity contribution in [2.45, 2.75) is 0 Å². The van der Waals surface area contributed by atoms with Crippen LogP contribution in [0.2, 0.25) is 0 Å². The lowest BCUT2D eigenvalue weighted by Crippen LogP contribution is -2.46. The Hall–Kier alpha value is -2.01. The molecule has 0 atom stereocenters. The number of piperazine rings is 1. The number of methoxy groups -OCH3 is 2. The van der Waals surface area contributed by atoms with Gasteiger partial charge in [-0.25, -0.2) is 0 Å². The summed E-state index contributed by atoms with van der Waals surface area (Å²) in [5.41, 5.74) is 0.883. The molecule has 5 heteroatoms. The molecule has 1 fully saturated rings. The van der Waals surface area contributed by atoms with E-state index >= 15 is 0 Å². The second kappa shape index (κ2) is 7.13. The third kappa shape index (κ3) is 4.23. The molecule has 1 amide bonds. The van der Waals surface area contributed by atoms with Gasteiger partial charge < -0.3 is 19.3 Å². The lowest BCUT2D eigenvalue weighted by atomic mass is 10.2. The lowest BCUT2D eigenvalue weighted by molar-refractivity contribution is -0.127. The number of carbonyl (C=O) groups excluding carboxylic acids is 1. The minimum absolute atomic E-state index is 0.0462. The van der Waals surface area contributed by atoms with Crippen molar-refractivity contribution in [3.8, 4) is 11.5 Å². The predicted molar refractivity (Wildman–Crippen MR) is 82.7 cm³/mol. The predicted octanol–water partition coefficient (Wildman–Crippen LogP) is 1.49. The van der Waals surface area contributed by atoms with Crippen LogP contribution in [-0.4, -0.2) is 63.2 Å². The highest BCUT2D eigenvalue weighted by atomic mass is 16.5. The van der Waals surface area contributed by atoms with Crippen molar-refractivity contribution in [1.82, 2.24) is 9.80 Å². The van der Waals surface area contributed by atoms with E-state index in [-0.39, 0.29) is 5.91 Å². The minimum atomic E-state index is 0.0462. The van der Waals surface area contributed by atoms with Crippen LogP contribution < -0.4 is 9.47 Å². The van der Waals surface area contributed by atoms with Crippen LogP contribution in [0.15, 0.2) is 24.3 Å². The molecular weight excluding hydrogens is 268 g/mol. The van der Waals surface area contributed by atoms with Gasteiger partial charge in [-0.05, 0) is 30.8 Å². The molecule has 0 bridgehead atoms. The zero-order valence-corrected chi connectivity index (χ0v) is 12.8. The largest absolute Gasteiger partial charge is 0.497 e. The Labute approximate surface area is 125 Å². The van der Waals surface area contributed by atoms with E-state index in [9.17, 15) is 4.79 Å². The molecule has 5 nitrogen and oxygen atoms in total. The van der Waals surface area contributed by atoms with Crippen molar-refractivity contribution in [3.05, 3.63) is 29.8 Å². The van der Waals surface area contributed by atoms with Crippen molar-refractivity contribution in [2.24, 2.45) is 0 Å². The number of nitrogens with zero attached hydrogens (tertiary/aromatic N) is 2. The second-order valence-electron chi connectivity index (χ2n) is 5.11. The average molecular weight is 290 g/mol. The fraction of sp³-hybridized carbons (Fsp3) is 0.438. The van der Waals surface area contributed by atoms with Crippen molar-refractivity contribution in [2.75, 3.05) is 47.4 Å². The van der Waals surface area contributed by atoms with Crippen molar-refractivity contribution >= 4 is 12.0 Å². The summed E-state index contributed by atoms with van der Waals surface area (Å²) in [6, 6.07) is 5.55. The van der Waals surface area contributed by atoms with Gasteiger partial charge in [-0.1, -0.05) is 0 Å². The van der Waals surface area contributed by atoms with Gasteiger partial charge in [0, 0.05) is 38.3 Å². The third-order valence-corrected chi connectivity index (χ3v) is 3.61. The molecular formula is C16H22N2O3. The number of carbonyl (C=O) groups is 1. The number of likely N-dealkylation sites (N-methyl/N-ethyl adjacent to an activating group) is 1. The molecule has 0 radical (unpaired) electrons. The molecule has 0 unspecified atom stereocenters. The normalized spacial score (nSPS) is 16.2. The molecule has 0 N–H and O–H groups in total. The second-order valence-corrected chi connectivity index (χ2v) is 5.11. The Bertz CT molecular complexity index is 498. The topological polar surface area (TPSA) is 42.0 Å². The van der Waals surface area contributed by atoms with Crippen LogP contribution in [0.3, 0.4) is 0 Å². The first-order valence-corrected chi connectivity index (χ1v) is 7.01. The maximum absolute atomic E-state index is 12.1. The van der Waals surface area contributed by atoms with Crippen molar-refractivity contribution in [3.63, 3.8) is 0 Å². The Kier molecular flexibility index (Phi) is 5.22. The van der Waals surface area contributed by atoms with Crippen LogP contribution in [0.25, 0.3) is 6.08 Å². The summed E-state index contributed by atoms with van der Waals surface area (Å²) in [7, 11) is 5.29. The molecule has 114 valence electrons. The van der Waals surface area contributed by atoms with Gasteiger partial charge in [0.25, 0.3) is 0 Å². The van der Waals surface area contributed by atoms with Gasteiger partial charge in [-0.3, -0.25) is 4.79 Å². The van der Waals surface area contributed by atoms with E-state index < -0.39 is 0 Å². The number of ether oxygens (including phenoxy) is 2. The maximum atomic E-state index is 12.1. The smallest absolute Gasteiger partial charge is 0.246 e. The monoisotopic (exact) mass is 290 g/mol. The molecule has 0 aliphatic carbocycles. The molecule has 1 aliphatic rings. The first kappa shape index (κ1) is 15.4. The van der Waals surface area contributed by atoms with Gasteiger partial charge >= 0.3 is 0 Å². The average Bonchev–Trinajstić information content (AvgIpc) is 2.52.